The maximum absolute atomic E-state index is 11.9. The molecule has 1 aliphatic carbocycles. The summed E-state index contributed by atoms with van der Waals surface area (Å²) >= 11 is 0. The molecule has 0 aliphatic heterocycles. The Morgan fingerprint density at radius 2 is 1.71 bits per heavy atom. The smallest absolute Gasteiger partial charge is 0.238 e. The highest BCUT2D eigenvalue weighted by Crippen LogP contribution is 2.39. The van der Waals surface area contributed by atoms with Crippen molar-refractivity contribution < 1.29 is 9.59 Å². The van der Waals surface area contributed by atoms with Gasteiger partial charge in [-0.15, -0.1) is 0 Å². The van der Waals surface area contributed by atoms with Gasteiger partial charge in [-0.2, -0.15) is 0 Å². The second-order valence-corrected chi connectivity index (χ2v) is 6.27. The summed E-state index contributed by atoms with van der Waals surface area (Å²) < 4.78 is 0. The molecule has 1 aromatic carbocycles. The monoisotopic (exact) mass is 289 g/mol. The molecule has 0 aromatic heterocycles. The number of hydrogen-bond acceptors (Lipinski definition) is 3. The minimum absolute atomic E-state index is 0.0509. The maximum atomic E-state index is 11.9. The van der Waals surface area contributed by atoms with Crippen molar-refractivity contribution in [1.29, 1.82) is 0 Å². The van der Waals surface area contributed by atoms with Gasteiger partial charge in [0.15, 0.2) is 0 Å². The summed E-state index contributed by atoms with van der Waals surface area (Å²) in [5, 5.41) is 8.82. The van der Waals surface area contributed by atoms with Gasteiger partial charge >= 0.3 is 0 Å². The predicted octanol–water partition coefficient (Wildman–Crippen LogP) is 2.36. The molecule has 0 unspecified atom stereocenters. The van der Waals surface area contributed by atoms with Crippen molar-refractivity contribution >= 4 is 23.2 Å². The van der Waals surface area contributed by atoms with Crippen LogP contribution in [0.4, 0.5) is 11.4 Å². The number of amides is 2. The molecule has 0 bridgehead atoms. The van der Waals surface area contributed by atoms with Crippen LogP contribution in [0.15, 0.2) is 24.3 Å². The van der Waals surface area contributed by atoms with Crippen LogP contribution in [0.1, 0.15) is 33.6 Å². The molecular weight excluding hydrogens is 266 g/mol. The van der Waals surface area contributed by atoms with Crippen LogP contribution in [-0.4, -0.2) is 24.4 Å². The lowest BCUT2D eigenvalue weighted by atomic mass is 9.67. The molecule has 0 radical (unpaired) electrons. The fourth-order valence-corrected chi connectivity index (χ4v) is 2.51. The number of nitrogens with one attached hydrogen (secondary N) is 3. The quantitative estimate of drug-likeness (QED) is 0.779. The molecule has 5 nitrogen and oxygen atoms in total. The van der Waals surface area contributed by atoms with E-state index in [-0.39, 0.29) is 11.8 Å². The minimum atomic E-state index is -0.112. The summed E-state index contributed by atoms with van der Waals surface area (Å²) in [5.74, 6) is -0.163. The normalized spacial score (nSPS) is 19.5. The largest absolute Gasteiger partial charge is 0.326 e. The molecule has 0 spiro atoms. The first kappa shape index (κ1) is 15.5. The first-order valence-corrected chi connectivity index (χ1v) is 7.28. The average Bonchev–Trinajstić information content (AvgIpc) is 2.39. The van der Waals surface area contributed by atoms with Crippen LogP contribution in [0.5, 0.6) is 0 Å². The SMILES string of the molecule is CC(=O)Nc1ccc(NC(=O)CN[C@H]2CCC2(C)C)cc1. The predicted molar refractivity (Wildman–Crippen MR) is 84.2 cm³/mol. The molecule has 1 aliphatic rings. The number of carbonyl (C=O) groups excluding carboxylic acids is 2. The number of rotatable bonds is 5. The molecule has 2 amide bonds. The molecule has 1 atom stereocenters. The third kappa shape index (κ3) is 4.29. The highest BCUT2D eigenvalue weighted by Gasteiger charge is 2.37. The topological polar surface area (TPSA) is 70.2 Å². The maximum Gasteiger partial charge on any atom is 0.238 e. The Bertz CT molecular complexity index is 523. The fraction of sp³-hybridized carbons (Fsp3) is 0.500. The van der Waals surface area contributed by atoms with E-state index in [1.807, 2.05) is 0 Å². The molecule has 3 N–H and O–H groups in total. The molecule has 114 valence electrons. The first-order chi connectivity index (χ1) is 9.87. The highest BCUT2D eigenvalue weighted by atomic mass is 16.2. The Morgan fingerprint density at radius 1 is 1.14 bits per heavy atom. The Kier molecular flexibility index (Phi) is 4.63. The molecular formula is C16H23N3O2. The lowest BCUT2D eigenvalue weighted by molar-refractivity contribution is -0.116. The van der Waals surface area contributed by atoms with Gasteiger partial charge in [-0.25, -0.2) is 0 Å². The number of hydrogen-bond donors (Lipinski definition) is 3. The lowest BCUT2D eigenvalue weighted by Gasteiger charge is -2.45. The van der Waals surface area contributed by atoms with Crippen LogP contribution < -0.4 is 16.0 Å². The van der Waals surface area contributed by atoms with Gasteiger partial charge in [0.1, 0.15) is 0 Å². The summed E-state index contributed by atoms with van der Waals surface area (Å²) in [6.07, 6.45) is 2.34. The molecule has 21 heavy (non-hydrogen) atoms. The van der Waals surface area contributed by atoms with E-state index in [1.54, 1.807) is 24.3 Å². The van der Waals surface area contributed by atoms with Crippen molar-refractivity contribution in [3.8, 4) is 0 Å². The van der Waals surface area contributed by atoms with Gasteiger partial charge in [0.25, 0.3) is 0 Å². The Balaban J connectivity index is 1.78. The first-order valence-electron chi connectivity index (χ1n) is 7.28. The van der Waals surface area contributed by atoms with Crippen molar-refractivity contribution in [3.63, 3.8) is 0 Å². The van der Waals surface area contributed by atoms with Gasteiger partial charge in [-0.05, 0) is 42.5 Å². The van der Waals surface area contributed by atoms with Gasteiger partial charge in [0.05, 0.1) is 6.54 Å². The van der Waals surface area contributed by atoms with Gasteiger partial charge in [0.2, 0.25) is 11.8 Å². The van der Waals surface area contributed by atoms with E-state index in [4.69, 9.17) is 0 Å². The van der Waals surface area contributed by atoms with Crippen LogP contribution in [-0.2, 0) is 9.59 Å². The number of benzene rings is 1. The molecule has 0 heterocycles. The molecule has 0 saturated heterocycles. The van der Waals surface area contributed by atoms with Crippen molar-refractivity contribution in [3.05, 3.63) is 24.3 Å². The molecule has 1 aromatic rings. The zero-order valence-corrected chi connectivity index (χ0v) is 12.8. The van der Waals surface area contributed by atoms with Gasteiger partial charge in [-0.1, -0.05) is 13.8 Å². The van der Waals surface area contributed by atoms with Crippen LogP contribution in [0, 0.1) is 5.41 Å². The van der Waals surface area contributed by atoms with E-state index in [2.05, 4.69) is 29.8 Å². The molecule has 1 fully saturated rings. The van der Waals surface area contributed by atoms with Crippen LogP contribution >= 0.6 is 0 Å². The Morgan fingerprint density at radius 3 is 2.14 bits per heavy atom. The molecule has 2 rings (SSSR count). The standard InChI is InChI=1S/C16H23N3O2/c1-11(20)18-12-4-6-13(7-5-12)19-15(21)10-17-14-8-9-16(14,2)3/h4-7,14,17H,8-10H2,1-3H3,(H,18,20)(H,19,21)/t14-/m0/s1. The highest BCUT2D eigenvalue weighted by molar-refractivity contribution is 5.93. The van der Waals surface area contributed by atoms with Crippen molar-refractivity contribution in [1.82, 2.24) is 5.32 Å². The summed E-state index contributed by atoms with van der Waals surface area (Å²) in [6.45, 7) is 6.21. The summed E-state index contributed by atoms with van der Waals surface area (Å²) in [5.41, 5.74) is 1.74. The second kappa shape index (κ2) is 6.26. The van der Waals surface area contributed by atoms with E-state index < -0.39 is 0 Å². The summed E-state index contributed by atoms with van der Waals surface area (Å²) in [6, 6.07) is 7.50. The van der Waals surface area contributed by atoms with Crippen LogP contribution in [0.2, 0.25) is 0 Å². The van der Waals surface area contributed by atoms with Crippen LogP contribution in [0.25, 0.3) is 0 Å². The number of carbonyl (C=O) groups is 2. The molecule has 5 heteroatoms. The van der Waals surface area contributed by atoms with Crippen molar-refractivity contribution in [2.24, 2.45) is 5.41 Å². The van der Waals surface area contributed by atoms with Crippen LogP contribution in [0.3, 0.4) is 0 Å². The van der Waals surface area contributed by atoms with E-state index >= 15 is 0 Å². The average molecular weight is 289 g/mol. The van der Waals surface area contributed by atoms with Gasteiger partial charge in [-0.3, -0.25) is 9.59 Å². The van der Waals surface area contributed by atoms with Crippen molar-refractivity contribution in [2.75, 3.05) is 17.2 Å². The number of anilines is 2. The van der Waals surface area contributed by atoms with E-state index in [1.165, 1.54) is 13.3 Å². The van der Waals surface area contributed by atoms with E-state index in [0.29, 0.717) is 18.0 Å². The lowest BCUT2D eigenvalue weighted by Crippen LogP contribution is -2.51. The second-order valence-electron chi connectivity index (χ2n) is 6.27. The Hall–Kier alpha value is -1.88. The van der Waals surface area contributed by atoms with Gasteiger partial charge < -0.3 is 16.0 Å². The third-order valence-electron chi connectivity index (χ3n) is 4.02. The summed E-state index contributed by atoms with van der Waals surface area (Å²) in [4.78, 5) is 22.8. The fourth-order valence-electron chi connectivity index (χ4n) is 2.51. The third-order valence-corrected chi connectivity index (χ3v) is 4.02. The zero-order valence-electron chi connectivity index (χ0n) is 12.8. The Labute approximate surface area is 125 Å². The van der Waals surface area contributed by atoms with Crippen molar-refractivity contribution in [2.45, 2.75) is 39.7 Å². The zero-order chi connectivity index (χ0) is 15.5. The minimum Gasteiger partial charge on any atom is -0.326 e. The van der Waals surface area contributed by atoms with Gasteiger partial charge in [0, 0.05) is 24.3 Å². The molecule has 1 saturated carbocycles. The summed E-state index contributed by atoms with van der Waals surface area (Å²) in [7, 11) is 0. The van der Waals surface area contributed by atoms with E-state index in [0.717, 1.165) is 17.8 Å². The van der Waals surface area contributed by atoms with E-state index in [9.17, 15) is 9.59 Å².